The summed E-state index contributed by atoms with van der Waals surface area (Å²) in [4.78, 5) is 14.6. The zero-order valence-corrected chi connectivity index (χ0v) is 16.0. The quantitative estimate of drug-likeness (QED) is 0.767. The van der Waals surface area contributed by atoms with Crippen LogP contribution in [-0.2, 0) is 11.3 Å². The predicted octanol–water partition coefficient (Wildman–Crippen LogP) is 3.56. The number of nitrogens with zero attached hydrogens (tertiary/aromatic N) is 4. The molecule has 1 aromatic carbocycles. The maximum atomic E-state index is 12.6. The van der Waals surface area contributed by atoms with Crippen molar-refractivity contribution in [3.8, 4) is 11.4 Å². The number of hydrogen-bond acceptors (Lipinski definition) is 4. The van der Waals surface area contributed by atoms with Crippen LogP contribution in [0.3, 0.4) is 0 Å². The van der Waals surface area contributed by atoms with Gasteiger partial charge in [0, 0.05) is 25.2 Å². The van der Waals surface area contributed by atoms with Gasteiger partial charge in [0.05, 0.1) is 5.75 Å². The zero-order valence-electron chi connectivity index (χ0n) is 15.2. The van der Waals surface area contributed by atoms with E-state index in [1.165, 1.54) is 18.2 Å². The summed E-state index contributed by atoms with van der Waals surface area (Å²) in [6.45, 7) is 9.06. The van der Waals surface area contributed by atoms with Crippen molar-refractivity contribution in [1.29, 1.82) is 0 Å². The summed E-state index contributed by atoms with van der Waals surface area (Å²) in [6, 6.07) is 10.1. The highest BCUT2D eigenvalue weighted by molar-refractivity contribution is 7.99. The molecule has 6 heteroatoms. The maximum Gasteiger partial charge on any atom is 0.233 e. The first-order valence-electron chi connectivity index (χ1n) is 8.97. The predicted molar refractivity (Wildman–Crippen MR) is 101 cm³/mol. The standard InChI is InChI=1S/C19H26N4OS/c1-4-23-18(16-8-6-5-7-9-16)20-21-19(23)25-13-17(24)22-11-14(2)10-15(3)12-22/h5-9,14-15H,4,10-13H2,1-3H3/t14-,15-/m0/s1. The van der Waals surface area contributed by atoms with Gasteiger partial charge in [-0.2, -0.15) is 0 Å². The van der Waals surface area contributed by atoms with E-state index < -0.39 is 0 Å². The van der Waals surface area contributed by atoms with Crippen LogP contribution in [0.25, 0.3) is 11.4 Å². The second kappa shape index (κ2) is 8.04. The van der Waals surface area contributed by atoms with E-state index >= 15 is 0 Å². The summed E-state index contributed by atoms with van der Waals surface area (Å²) in [7, 11) is 0. The molecule has 0 spiro atoms. The highest BCUT2D eigenvalue weighted by Crippen LogP contribution is 2.25. The minimum absolute atomic E-state index is 0.204. The molecule has 1 aliphatic heterocycles. The first-order chi connectivity index (χ1) is 12.1. The number of rotatable bonds is 5. The number of aromatic nitrogens is 3. The molecule has 25 heavy (non-hydrogen) atoms. The van der Waals surface area contributed by atoms with Crippen LogP contribution in [0.2, 0.25) is 0 Å². The fraction of sp³-hybridized carbons (Fsp3) is 0.526. The molecule has 2 heterocycles. The van der Waals surface area contributed by atoms with E-state index in [2.05, 4.69) is 35.5 Å². The summed E-state index contributed by atoms with van der Waals surface area (Å²) in [6.07, 6.45) is 1.21. The minimum atomic E-state index is 0.204. The fourth-order valence-corrected chi connectivity index (χ4v) is 4.47. The van der Waals surface area contributed by atoms with Gasteiger partial charge in [-0.15, -0.1) is 10.2 Å². The third-order valence-electron chi connectivity index (χ3n) is 4.61. The van der Waals surface area contributed by atoms with Crippen molar-refractivity contribution in [2.75, 3.05) is 18.8 Å². The van der Waals surface area contributed by atoms with Crippen LogP contribution in [0.1, 0.15) is 27.2 Å². The Kier molecular flexibility index (Phi) is 5.78. The van der Waals surface area contributed by atoms with E-state index in [0.29, 0.717) is 17.6 Å². The van der Waals surface area contributed by atoms with Crippen LogP contribution in [0.4, 0.5) is 0 Å². The molecule has 0 N–H and O–H groups in total. The lowest BCUT2D eigenvalue weighted by molar-refractivity contribution is -0.130. The summed E-state index contributed by atoms with van der Waals surface area (Å²) in [5.74, 6) is 2.66. The highest BCUT2D eigenvalue weighted by Gasteiger charge is 2.25. The summed E-state index contributed by atoms with van der Waals surface area (Å²) in [5.41, 5.74) is 1.05. The molecule has 1 fully saturated rings. The van der Waals surface area contributed by atoms with Gasteiger partial charge >= 0.3 is 0 Å². The summed E-state index contributed by atoms with van der Waals surface area (Å²) < 4.78 is 2.08. The Hall–Kier alpha value is -1.82. The summed E-state index contributed by atoms with van der Waals surface area (Å²) in [5, 5.41) is 9.47. The van der Waals surface area contributed by atoms with Gasteiger partial charge in [0.25, 0.3) is 0 Å². The monoisotopic (exact) mass is 358 g/mol. The second-order valence-electron chi connectivity index (χ2n) is 6.95. The Balaban J connectivity index is 1.67. The van der Waals surface area contributed by atoms with Crippen LogP contribution in [0.15, 0.2) is 35.5 Å². The number of piperidine rings is 1. The molecule has 2 aromatic rings. The molecular formula is C19H26N4OS. The lowest BCUT2D eigenvalue weighted by atomic mass is 9.92. The Morgan fingerprint density at radius 2 is 1.84 bits per heavy atom. The molecular weight excluding hydrogens is 332 g/mol. The van der Waals surface area contributed by atoms with Gasteiger partial charge in [0.15, 0.2) is 11.0 Å². The Morgan fingerprint density at radius 3 is 2.48 bits per heavy atom. The molecule has 1 aromatic heterocycles. The first kappa shape index (κ1) is 18.0. The zero-order chi connectivity index (χ0) is 17.8. The average molecular weight is 359 g/mol. The van der Waals surface area contributed by atoms with Crippen molar-refractivity contribution in [1.82, 2.24) is 19.7 Å². The van der Waals surface area contributed by atoms with E-state index in [4.69, 9.17) is 0 Å². The largest absolute Gasteiger partial charge is 0.341 e. The Bertz CT molecular complexity index is 705. The van der Waals surface area contributed by atoms with E-state index in [1.807, 2.05) is 35.2 Å². The number of likely N-dealkylation sites (tertiary alicyclic amines) is 1. The molecule has 1 saturated heterocycles. The van der Waals surface area contributed by atoms with E-state index in [-0.39, 0.29) is 5.91 Å². The topological polar surface area (TPSA) is 51.0 Å². The normalized spacial score (nSPS) is 20.7. The second-order valence-corrected chi connectivity index (χ2v) is 7.89. The minimum Gasteiger partial charge on any atom is -0.341 e. The third kappa shape index (κ3) is 4.24. The number of amides is 1. The SMILES string of the molecule is CCn1c(SCC(=O)N2C[C@@H](C)C[C@H](C)C2)nnc1-c1ccccc1. The number of thioether (sulfide) groups is 1. The molecule has 1 amide bonds. The van der Waals surface area contributed by atoms with Gasteiger partial charge in [-0.05, 0) is 25.2 Å². The molecule has 0 radical (unpaired) electrons. The van der Waals surface area contributed by atoms with Gasteiger partial charge in [-0.1, -0.05) is 55.9 Å². The van der Waals surface area contributed by atoms with Crippen LogP contribution in [0.5, 0.6) is 0 Å². The van der Waals surface area contributed by atoms with E-state index in [1.54, 1.807) is 0 Å². The number of carbonyl (C=O) groups is 1. The van der Waals surface area contributed by atoms with Gasteiger partial charge < -0.3 is 9.47 Å². The number of benzene rings is 1. The van der Waals surface area contributed by atoms with Gasteiger partial charge in [-0.25, -0.2) is 0 Å². The molecule has 0 aliphatic carbocycles. The van der Waals surface area contributed by atoms with Crippen molar-refractivity contribution >= 4 is 17.7 Å². The van der Waals surface area contributed by atoms with Crippen molar-refractivity contribution in [3.63, 3.8) is 0 Å². The fourth-order valence-electron chi connectivity index (χ4n) is 3.57. The highest BCUT2D eigenvalue weighted by atomic mass is 32.2. The van der Waals surface area contributed by atoms with E-state index in [0.717, 1.165) is 36.2 Å². The smallest absolute Gasteiger partial charge is 0.233 e. The lowest BCUT2D eigenvalue weighted by Crippen LogP contribution is -2.43. The maximum absolute atomic E-state index is 12.6. The molecule has 2 atom stereocenters. The van der Waals surface area contributed by atoms with Crippen molar-refractivity contribution in [2.24, 2.45) is 11.8 Å². The van der Waals surface area contributed by atoms with Gasteiger partial charge in [0.1, 0.15) is 0 Å². The molecule has 5 nitrogen and oxygen atoms in total. The van der Waals surface area contributed by atoms with Crippen LogP contribution < -0.4 is 0 Å². The molecule has 0 bridgehead atoms. The van der Waals surface area contributed by atoms with Crippen molar-refractivity contribution in [3.05, 3.63) is 30.3 Å². The van der Waals surface area contributed by atoms with Gasteiger partial charge in [-0.3, -0.25) is 4.79 Å². The van der Waals surface area contributed by atoms with E-state index in [9.17, 15) is 4.79 Å². The molecule has 1 aliphatic rings. The van der Waals surface area contributed by atoms with Crippen molar-refractivity contribution in [2.45, 2.75) is 38.9 Å². The third-order valence-corrected chi connectivity index (χ3v) is 5.56. The molecule has 134 valence electrons. The summed E-state index contributed by atoms with van der Waals surface area (Å²) >= 11 is 1.49. The number of hydrogen-bond donors (Lipinski definition) is 0. The molecule has 3 rings (SSSR count). The Labute approximate surface area is 153 Å². The lowest BCUT2D eigenvalue weighted by Gasteiger charge is -2.34. The number of carbonyl (C=O) groups excluding carboxylic acids is 1. The van der Waals surface area contributed by atoms with Crippen LogP contribution in [-0.4, -0.2) is 44.4 Å². The van der Waals surface area contributed by atoms with Crippen molar-refractivity contribution < 1.29 is 4.79 Å². The Morgan fingerprint density at radius 1 is 1.16 bits per heavy atom. The molecule has 0 unspecified atom stereocenters. The first-order valence-corrected chi connectivity index (χ1v) is 9.96. The van der Waals surface area contributed by atoms with Crippen LogP contribution in [0, 0.1) is 11.8 Å². The van der Waals surface area contributed by atoms with Crippen LogP contribution >= 0.6 is 11.8 Å². The van der Waals surface area contributed by atoms with Gasteiger partial charge in [0.2, 0.25) is 5.91 Å². The average Bonchev–Trinajstić information content (AvgIpc) is 3.02. The molecule has 0 saturated carbocycles.